The van der Waals surface area contributed by atoms with Crippen molar-refractivity contribution in [2.75, 3.05) is 33.2 Å². The van der Waals surface area contributed by atoms with E-state index in [9.17, 15) is 14.4 Å². The van der Waals surface area contributed by atoms with E-state index in [1.54, 1.807) is 29.0 Å². The Hall–Kier alpha value is -2.35. The monoisotopic (exact) mass is 324 g/mol. The number of nitrogens with zero attached hydrogens (tertiary/aromatic N) is 2. The fraction of sp³-hybridized carbons (Fsp3) is 0.533. The maximum atomic E-state index is 11.9. The van der Waals surface area contributed by atoms with Gasteiger partial charge in [0.15, 0.2) is 0 Å². The number of hydrogen-bond donors (Lipinski definition) is 2. The van der Waals surface area contributed by atoms with E-state index < -0.39 is 11.9 Å². The SMILES string of the molecule is CCN(CC)C(=O)CN(C)CC(=O)NC(=O)NCc1ccco1. The van der Waals surface area contributed by atoms with Crippen molar-refractivity contribution in [2.45, 2.75) is 20.4 Å². The molecule has 1 heterocycles. The summed E-state index contributed by atoms with van der Waals surface area (Å²) in [6.07, 6.45) is 1.50. The van der Waals surface area contributed by atoms with E-state index in [1.807, 2.05) is 13.8 Å². The lowest BCUT2D eigenvalue weighted by Crippen LogP contribution is -2.46. The second-order valence-corrected chi connectivity index (χ2v) is 5.05. The third-order valence-corrected chi connectivity index (χ3v) is 3.19. The minimum Gasteiger partial charge on any atom is -0.467 e. The predicted molar refractivity (Wildman–Crippen MR) is 84.5 cm³/mol. The second kappa shape index (κ2) is 9.62. The third kappa shape index (κ3) is 6.96. The van der Waals surface area contributed by atoms with Gasteiger partial charge in [-0.05, 0) is 33.0 Å². The molecule has 0 radical (unpaired) electrons. The van der Waals surface area contributed by atoms with Crippen LogP contribution in [-0.2, 0) is 16.1 Å². The molecule has 0 aliphatic rings. The number of furan rings is 1. The fourth-order valence-electron chi connectivity index (χ4n) is 2.00. The molecule has 0 atom stereocenters. The molecular weight excluding hydrogens is 300 g/mol. The van der Waals surface area contributed by atoms with Crippen molar-refractivity contribution in [1.29, 1.82) is 0 Å². The van der Waals surface area contributed by atoms with Crippen LogP contribution < -0.4 is 10.6 Å². The number of nitrogens with one attached hydrogen (secondary N) is 2. The van der Waals surface area contributed by atoms with Crippen LogP contribution in [0.3, 0.4) is 0 Å². The van der Waals surface area contributed by atoms with Gasteiger partial charge in [-0.2, -0.15) is 0 Å². The first-order valence-electron chi connectivity index (χ1n) is 7.52. The highest BCUT2D eigenvalue weighted by Crippen LogP contribution is 1.98. The summed E-state index contributed by atoms with van der Waals surface area (Å²) in [6.45, 7) is 5.34. The maximum absolute atomic E-state index is 11.9. The van der Waals surface area contributed by atoms with Crippen LogP contribution in [0, 0.1) is 0 Å². The van der Waals surface area contributed by atoms with Crippen LogP contribution in [0.4, 0.5) is 4.79 Å². The number of urea groups is 1. The van der Waals surface area contributed by atoms with Gasteiger partial charge >= 0.3 is 6.03 Å². The van der Waals surface area contributed by atoms with Crippen molar-refractivity contribution in [3.8, 4) is 0 Å². The highest BCUT2D eigenvalue weighted by Gasteiger charge is 2.15. The summed E-state index contributed by atoms with van der Waals surface area (Å²) >= 11 is 0. The number of carbonyl (C=O) groups excluding carboxylic acids is 3. The standard InChI is InChI=1S/C15H24N4O4/c1-4-19(5-2)14(21)11-18(3)10-13(20)17-15(22)16-9-12-7-6-8-23-12/h6-8H,4-5,9-11H2,1-3H3,(H2,16,17,20,22). The summed E-state index contributed by atoms with van der Waals surface area (Å²) in [5.41, 5.74) is 0. The zero-order chi connectivity index (χ0) is 17.2. The Kier molecular flexibility index (Phi) is 7.82. The summed E-state index contributed by atoms with van der Waals surface area (Å²) in [5.74, 6) is 0.0684. The van der Waals surface area contributed by atoms with E-state index in [0.717, 1.165) is 0 Å². The van der Waals surface area contributed by atoms with Crippen molar-refractivity contribution in [2.24, 2.45) is 0 Å². The normalized spacial score (nSPS) is 10.4. The van der Waals surface area contributed by atoms with Crippen molar-refractivity contribution < 1.29 is 18.8 Å². The summed E-state index contributed by atoms with van der Waals surface area (Å²) in [7, 11) is 1.65. The minimum atomic E-state index is -0.602. The molecule has 0 aliphatic heterocycles. The van der Waals surface area contributed by atoms with Crippen LogP contribution >= 0.6 is 0 Å². The molecule has 0 fully saturated rings. The Bertz CT molecular complexity index is 512. The first-order valence-corrected chi connectivity index (χ1v) is 7.52. The van der Waals surface area contributed by atoms with Gasteiger partial charge in [0.05, 0.1) is 25.9 Å². The zero-order valence-corrected chi connectivity index (χ0v) is 13.8. The Labute approximate surface area is 135 Å². The highest BCUT2D eigenvalue weighted by atomic mass is 16.3. The van der Waals surface area contributed by atoms with E-state index in [1.165, 1.54) is 6.26 Å². The van der Waals surface area contributed by atoms with Crippen LogP contribution in [0.2, 0.25) is 0 Å². The Morgan fingerprint density at radius 2 is 1.87 bits per heavy atom. The van der Waals surface area contributed by atoms with Gasteiger partial charge in [-0.3, -0.25) is 19.8 Å². The number of hydrogen-bond acceptors (Lipinski definition) is 5. The van der Waals surface area contributed by atoms with Crippen LogP contribution in [0.15, 0.2) is 22.8 Å². The number of amides is 4. The molecule has 0 bridgehead atoms. The van der Waals surface area contributed by atoms with Gasteiger partial charge < -0.3 is 14.6 Å². The van der Waals surface area contributed by atoms with Gasteiger partial charge in [-0.25, -0.2) is 4.79 Å². The lowest BCUT2D eigenvalue weighted by Gasteiger charge is -2.22. The molecule has 1 aromatic rings. The van der Waals surface area contributed by atoms with Crippen molar-refractivity contribution >= 4 is 17.8 Å². The topological polar surface area (TPSA) is 94.9 Å². The third-order valence-electron chi connectivity index (χ3n) is 3.19. The van der Waals surface area contributed by atoms with Crippen LogP contribution in [0.25, 0.3) is 0 Å². The van der Waals surface area contributed by atoms with Crippen LogP contribution in [-0.4, -0.2) is 60.9 Å². The maximum Gasteiger partial charge on any atom is 0.321 e. The molecule has 8 heteroatoms. The molecule has 0 saturated heterocycles. The average molecular weight is 324 g/mol. The van der Waals surface area contributed by atoms with Crippen LogP contribution in [0.5, 0.6) is 0 Å². The van der Waals surface area contributed by atoms with E-state index in [4.69, 9.17) is 4.42 Å². The lowest BCUT2D eigenvalue weighted by atomic mass is 10.4. The predicted octanol–water partition coefficient (Wildman–Crippen LogP) is 0.406. The Morgan fingerprint density at radius 1 is 1.17 bits per heavy atom. The molecule has 0 aromatic carbocycles. The molecule has 0 unspecified atom stereocenters. The van der Waals surface area contributed by atoms with Crippen LogP contribution in [0.1, 0.15) is 19.6 Å². The van der Waals surface area contributed by atoms with Gasteiger partial charge in [0.1, 0.15) is 5.76 Å². The molecule has 2 N–H and O–H groups in total. The quantitative estimate of drug-likeness (QED) is 0.722. The van der Waals surface area contributed by atoms with Gasteiger partial charge in [-0.1, -0.05) is 0 Å². The summed E-state index contributed by atoms with van der Waals surface area (Å²) < 4.78 is 5.06. The summed E-state index contributed by atoms with van der Waals surface area (Å²) in [5, 5.41) is 4.71. The van der Waals surface area contributed by atoms with Gasteiger partial charge in [0.25, 0.3) is 0 Å². The average Bonchev–Trinajstić information content (AvgIpc) is 2.99. The largest absolute Gasteiger partial charge is 0.467 e. The first kappa shape index (κ1) is 18.7. The highest BCUT2D eigenvalue weighted by molar-refractivity contribution is 5.95. The summed E-state index contributed by atoms with van der Waals surface area (Å²) in [6, 6.07) is 2.83. The van der Waals surface area contributed by atoms with Crippen molar-refractivity contribution in [3.63, 3.8) is 0 Å². The minimum absolute atomic E-state index is 0.0405. The van der Waals surface area contributed by atoms with E-state index in [2.05, 4.69) is 10.6 Å². The van der Waals surface area contributed by atoms with E-state index >= 15 is 0 Å². The fourth-order valence-corrected chi connectivity index (χ4v) is 2.00. The van der Waals surface area contributed by atoms with Gasteiger partial charge in [0, 0.05) is 13.1 Å². The van der Waals surface area contributed by atoms with E-state index in [-0.39, 0.29) is 25.5 Å². The molecule has 0 spiro atoms. The van der Waals surface area contributed by atoms with E-state index in [0.29, 0.717) is 18.8 Å². The van der Waals surface area contributed by atoms with Gasteiger partial charge in [-0.15, -0.1) is 0 Å². The molecule has 8 nitrogen and oxygen atoms in total. The number of rotatable bonds is 8. The molecule has 23 heavy (non-hydrogen) atoms. The smallest absolute Gasteiger partial charge is 0.321 e. The lowest BCUT2D eigenvalue weighted by molar-refractivity contribution is -0.132. The second-order valence-electron chi connectivity index (χ2n) is 5.05. The molecule has 128 valence electrons. The van der Waals surface area contributed by atoms with Gasteiger partial charge in [0.2, 0.25) is 11.8 Å². The Balaban J connectivity index is 2.29. The molecule has 4 amide bonds. The molecule has 1 aromatic heterocycles. The number of imide groups is 1. The Morgan fingerprint density at radius 3 is 2.43 bits per heavy atom. The molecular formula is C15H24N4O4. The first-order chi connectivity index (χ1) is 11.0. The zero-order valence-electron chi connectivity index (χ0n) is 13.8. The molecule has 0 saturated carbocycles. The summed E-state index contributed by atoms with van der Waals surface area (Å²) in [4.78, 5) is 38.5. The van der Waals surface area contributed by atoms with Crippen molar-refractivity contribution in [3.05, 3.63) is 24.2 Å². The molecule has 1 rings (SSSR count). The molecule has 0 aliphatic carbocycles. The number of likely N-dealkylation sites (N-methyl/N-ethyl adjacent to an activating group) is 2. The van der Waals surface area contributed by atoms with Crippen molar-refractivity contribution in [1.82, 2.24) is 20.4 Å². The number of carbonyl (C=O) groups is 3.